The van der Waals surface area contributed by atoms with Crippen LogP contribution in [0.5, 0.6) is 0 Å². The molecule has 2 aromatic heterocycles. The molecule has 12 heteroatoms. The van der Waals surface area contributed by atoms with Crippen molar-refractivity contribution in [3.05, 3.63) is 57.9 Å². The number of aryl methyl sites for hydroxylation is 2. The number of rotatable bonds is 5. The number of anilines is 1. The Morgan fingerprint density at radius 3 is 2.42 bits per heavy atom. The molecule has 2 fully saturated rings. The molecule has 6 rings (SSSR count). The third-order valence-electron chi connectivity index (χ3n) is 7.99. The fraction of sp³-hybridized carbons (Fsp3) is 0.429. The smallest absolute Gasteiger partial charge is 0.281 e. The van der Waals surface area contributed by atoms with Crippen molar-refractivity contribution in [2.24, 2.45) is 0 Å². The maximum Gasteiger partial charge on any atom is 0.281 e. The van der Waals surface area contributed by atoms with Crippen LogP contribution in [0.15, 0.2) is 51.1 Å². The summed E-state index contributed by atoms with van der Waals surface area (Å²) >= 11 is 0. The first-order valence-corrected chi connectivity index (χ1v) is 15.2. The van der Waals surface area contributed by atoms with Gasteiger partial charge in [0.15, 0.2) is 5.65 Å². The van der Waals surface area contributed by atoms with Crippen LogP contribution in [0.3, 0.4) is 0 Å². The topological polar surface area (TPSA) is 124 Å². The molecule has 0 radical (unpaired) electrons. The van der Waals surface area contributed by atoms with E-state index in [1.165, 1.54) is 10.9 Å². The molecule has 2 aliphatic rings. The van der Waals surface area contributed by atoms with E-state index in [-0.39, 0.29) is 21.5 Å². The highest BCUT2D eigenvalue weighted by Crippen LogP contribution is 2.27. The number of sulfone groups is 1. The number of piperidine rings is 1. The van der Waals surface area contributed by atoms with Gasteiger partial charge in [-0.2, -0.15) is 4.98 Å². The maximum atomic E-state index is 13.5. The largest absolute Gasteiger partial charge is 0.369 e. The van der Waals surface area contributed by atoms with E-state index in [0.29, 0.717) is 23.0 Å². The second-order valence-electron chi connectivity index (χ2n) is 10.8. The van der Waals surface area contributed by atoms with E-state index < -0.39 is 15.4 Å². The molecule has 2 aromatic carbocycles. The van der Waals surface area contributed by atoms with E-state index in [2.05, 4.69) is 25.1 Å². The van der Waals surface area contributed by atoms with Gasteiger partial charge in [0.2, 0.25) is 20.8 Å². The van der Waals surface area contributed by atoms with Gasteiger partial charge < -0.3 is 9.80 Å². The van der Waals surface area contributed by atoms with Crippen LogP contribution in [0.2, 0.25) is 0 Å². The van der Waals surface area contributed by atoms with Gasteiger partial charge in [-0.15, -0.1) is 5.10 Å². The number of nitrogens with one attached hydrogen (secondary N) is 1. The number of likely N-dealkylation sites (tertiary alicyclic amines) is 1. The van der Waals surface area contributed by atoms with E-state index in [1.54, 1.807) is 31.2 Å². The van der Waals surface area contributed by atoms with Crippen LogP contribution in [-0.2, 0) is 14.6 Å². The minimum atomic E-state index is -4.02. The minimum absolute atomic E-state index is 0.0318. The molecule has 210 valence electrons. The number of amides is 1. The van der Waals surface area contributed by atoms with Crippen LogP contribution < -0.4 is 10.5 Å². The van der Waals surface area contributed by atoms with Crippen molar-refractivity contribution in [1.29, 1.82) is 0 Å². The third kappa shape index (κ3) is 4.75. The van der Waals surface area contributed by atoms with E-state index in [1.807, 2.05) is 24.0 Å². The molecule has 4 aromatic rings. The Kier molecular flexibility index (Phi) is 6.83. The highest BCUT2D eigenvalue weighted by Gasteiger charge is 2.28. The van der Waals surface area contributed by atoms with Crippen molar-refractivity contribution in [3.63, 3.8) is 0 Å². The molecule has 0 atom stereocenters. The zero-order valence-electron chi connectivity index (χ0n) is 22.8. The lowest BCUT2D eigenvalue weighted by atomic mass is 10.1. The second kappa shape index (κ2) is 10.3. The number of carbonyl (C=O) groups is 1. The molecule has 0 saturated carbocycles. The summed E-state index contributed by atoms with van der Waals surface area (Å²) in [5.74, 6) is 0.207. The Hall–Kier alpha value is -3.77. The number of carbonyl (C=O) groups excluding carboxylic acids is 1. The number of piperazine rings is 1. The lowest BCUT2D eigenvalue weighted by Gasteiger charge is -2.37. The monoisotopic (exact) mass is 563 g/mol. The first kappa shape index (κ1) is 26.5. The minimum Gasteiger partial charge on any atom is -0.369 e. The van der Waals surface area contributed by atoms with Crippen LogP contribution in [-0.4, -0.2) is 89.7 Å². The first-order chi connectivity index (χ1) is 19.2. The summed E-state index contributed by atoms with van der Waals surface area (Å²) in [6, 6.07) is 10.6. The lowest BCUT2D eigenvalue weighted by Crippen LogP contribution is -2.50. The standard InChI is InChI=1S/C28H33N7O4S/c1-19-6-9-24(20(2)16-19)40(38,39)28-26-29-27(37)22-8-7-21(17-23(22)35(26)31-30-28)33-14-12-32(13-15-33)18-25(36)34-10-4-3-5-11-34/h6-9,16-17,31H,3-5,10-15,18H2,1-2H3. The van der Waals surface area contributed by atoms with Crippen molar-refractivity contribution in [1.82, 2.24) is 29.6 Å². The SMILES string of the molecule is Cc1ccc(S(=O)(=O)c2n[nH]n3c2nc(=O)c2ccc(N4CCN(CC(=O)N5CCCCC5)CC4)cc23)c(C)c1. The molecule has 0 unspecified atom stereocenters. The molecule has 0 aliphatic carbocycles. The average Bonchev–Trinajstić information content (AvgIpc) is 3.38. The Morgan fingerprint density at radius 2 is 1.70 bits per heavy atom. The summed E-state index contributed by atoms with van der Waals surface area (Å²) in [7, 11) is -4.02. The zero-order chi connectivity index (χ0) is 28.0. The molecular weight excluding hydrogens is 530 g/mol. The number of aromatic amines is 1. The van der Waals surface area contributed by atoms with Gasteiger partial charge in [0.05, 0.1) is 22.3 Å². The fourth-order valence-corrected chi connectivity index (χ4v) is 7.25. The number of fused-ring (bicyclic) bond motifs is 3. The van der Waals surface area contributed by atoms with Crippen LogP contribution in [0.1, 0.15) is 30.4 Å². The molecule has 0 bridgehead atoms. The van der Waals surface area contributed by atoms with Gasteiger partial charge in [-0.25, -0.2) is 18.1 Å². The van der Waals surface area contributed by atoms with Gasteiger partial charge in [-0.05, 0) is 62.9 Å². The molecule has 1 amide bonds. The van der Waals surface area contributed by atoms with E-state index in [4.69, 9.17) is 0 Å². The summed E-state index contributed by atoms with van der Waals surface area (Å²) in [5, 5.41) is 6.97. The van der Waals surface area contributed by atoms with Crippen LogP contribution in [0.25, 0.3) is 16.6 Å². The Labute approximate surface area is 232 Å². The Bertz CT molecular complexity index is 1760. The molecule has 2 aliphatic heterocycles. The number of hydrogen-bond donors (Lipinski definition) is 1. The summed E-state index contributed by atoms with van der Waals surface area (Å²) in [5.41, 5.74) is 2.41. The molecule has 11 nitrogen and oxygen atoms in total. The van der Waals surface area contributed by atoms with Gasteiger partial charge >= 0.3 is 0 Å². The quantitative estimate of drug-likeness (QED) is 0.392. The van der Waals surface area contributed by atoms with Crippen molar-refractivity contribution in [2.45, 2.75) is 43.0 Å². The van der Waals surface area contributed by atoms with Crippen molar-refractivity contribution in [2.75, 3.05) is 50.7 Å². The molecule has 1 N–H and O–H groups in total. The highest BCUT2D eigenvalue weighted by atomic mass is 32.2. The van der Waals surface area contributed by atoms with Crippen molar-refractivity contribution >= 4 is 38.0 Å². The van der Waals surface area contributed by atoms with Gasteiger partial charge in [0.1, 0.15) is 0 Å². The summed E-state index contributed by atoms with van der Waals surface area (Å²) in [6.45, 7) is 8.77. The summed E-state index contributed by atoms with van der Waals surface area (Å²) < 4.78 is 28.5. The average molecular weight is 564 g/mol. The maximum absolute atomic E-state index is 13.5. The molecule has 4 heterocycles. The third-order valence-corrected chi connectivity index (χ3v) is 9.81. The normalized spacial score (nSPS) is 17.1. The van der Waals surface area contributed by atoms with E-state index in [0.717, 1.165) is 63.4 Å². The van der Waals surface area contributed by atoms with Crippen LogP contribution in [0, 0.1) is 13.8 Å². The van der Waals surface area contributed by atoms with Gasteiger partial charge in [-0.3, -0.25) is 14.5 Å². The molecular formula is C28H33N7O4S. The second-order valence-corrected chi connectivity index (χ2v) is 12.6. The summed E-state index contributed by atoms with van der Waals surface area (Å²) in [4.78, 5) is 36.3. The molecule has 2 saturated heterocycles. The predicted octanol–water partition coefficient (Wildman–Crippen LogP) is 2.15. The number of H-pyrrole nitrogens is 1. The predicted molar refractivity (Wildman–Crippen MR) is 152 cm³/mol. The van der Waals surface area contributed by atoms with E-state index >= 15 is 0 Å². The fourth-order valence-electron chi connectivity index (χ4n) is 5.78. The number of aromatic nitrogens is 4. The lowest BCUT2D eigenvalue weighted by molar-refractivity contribution is -0.133. The highest BCUT2D eigenvalue weighted by molar-refractivity contribution is 7.91. The van der Waals surface area contributed by atoms with Crippen LogP contribution in [0.4, 0.5) is 5.69 Å². The number of hydrogen-bond acceptors (Lipinski definition) is 8. The Morgan fingerprint density at radius 1 is 0.950 bits per heavy atom. The van der Waals surface area contributed by atoms with Crippen LogP contribution >= 0.6 is 0 Å². The van der Waals surface area contributed by atoms with Crippen molar-refractivity contribution in [3.8, 4) is 0 Å². The van der Waals surface area contributed by atoms with Gasteiger partial charge in [0.25, 0.3) is 5.56 Å². The first-order valence-electron chi connectivity index (χ1n) is 13.7. The summed E-state index contributed by atoms with van der Waals surface area (Å²) in [6.07, 6.45) is 3.37. The van der Waals surface area contributed by atoms with Gasteiger partial charge in [0, 0.05) is 45.0 Å². The molecule has 40 heavy (non-hydrogen) atoms. The van der Waals surface area contributed by atoms with E-state index in [9.17, 15) is 18.0 Å². The number of nitrogens with zero attached hydrogens (tertiary/aromatic N) is 6. The zero-order valence-corrected chi connectivity index (χ0v) is 23.6. The van der Waals surface area contributed by atoms with Crippen molar-refractivity contribution < 1.29 is 13.2 Å². The van der Waals surface area contributed by atoms with Gasteiger partial charge in [-0.1, -0.05) is 17.7 Å². The Balaban J connectivity index is 1.27. The number of benzene rings is 2. The molecule has 0 spiro atoms.